The summed E-state index contributed by atoms with van der Waals surface area (Å²) in [6, 6.07) is 9.68. The summed E-state index contributed by atoms with van der Waals surface area (Å²) in [5, 5.41) is 2.84. The van der Waals surface area contributed by atoms with Crippen LogP contribution in [0, 0.1) is 5.82 Å². The summed E-state index contributed by atoms with van der Waals surface area (Å²) in [6.45, 7) is 0.466. The van der Waals surface area contributed by atoms with Gasteiger partial charge in [-0.25, -0.2) is 9.37 Å². The summed E-state index contributed by atoms with van der Waals surface area (Å²) in [5.41, 5.74) is 1.74. The molecule has 3 rings (SSSR count). The SMILES string of the molecule is O=C(CCc1ncc(-c2ccc(F)cc2)o1)NCc1ccncc1. The van der Waals surface area contributed by atoms with Crippen LogP contribution in [0.4, 0.5) is 4.39 Å². The Balaban J connectivity index is 1.50. The number of nitrogens with one attached hydrogen (secondary N) is 1. The number of nitrogens with zero attached hydrogens (tertiary/aromatic N) is 2. The molecular weight excluding hydrogens is 309 g/mol. The highest BCUT2D eigenvalue weighted by Gasteiger charge is 2.09. The maximum atomic E-state index is 12.9. The Kier molecular flexibility index (Phi) is 4.96. The fourth-order valence-corrected chi connectivity index (χ4v) is 2.18. The number of benzene rings is 1. The lowest BCUT2D eigenvalue weighted by Crippen LogP contribution is -2.23. The third kappa shape index (κ3) is 4.25. The van der Waals surface area contributed by atoms with Crippen LogP contribution in [-0.2, 0) is 17.8 Å². The predicted octanol–water partition coefficient (Wildman–Crippen LogP) is 3.12. The molecule has 2 heterocycles. The van der Waals surface area contributed by atoms with E-state index in [1.165, 1.54) is 12.1 Å². The molecule has 6 heteroatoms. The van der Waals surface area contributed by atoms with Crippen molar-refractivity contribution in [3.63, 3.8) is 0 Å². The first-order chi connectivity index (χ1) is 11.7. The maximum absolute atomic E-state index is 12.9. The van der Waals surface area contributed by atoms with E-state index in [1.807, 2.05) is 12.1 Å². The molecule has 0 aliphatic heterocycles. The van der Waals surface area contributed by atoms with Gasteiger partial charge in [0.25, 0.3) is 0 Å². The van der Waals surface area contributed by atoms with Gasteiger partial charge in [-0.15, -0.1) is 0 Å². The summed E-state index contributed by atoms with van der Waals surface area (Å²) in [4.78, 5) is 19.9. The lowest BCUT2D eigenvalue weighted by Gasteiger charge is -2.04. The Bertz CT molecular complexity index is 801. The van der Waals surface area contributed by atoms with E-state index in [-0.39, 0.29) is 18.1 Å². The average Bonchev–Trinajstić information content (AvgIpc) is 3.09. The standard InChI is InChI=1S/C18H16FN3O2/c19-15-3-1-14(2-4-15)16-12-22-18(24-16)6-5-17(23)21-11-13-7-9-20-10-8-13/h1-4,7-10,12H,5-6,11H2,(H,21,23). The molecule has 0 saturated heterocycles. The number of rotatable bonds is 6. The van der Waals surface area contributed by atoms with Gasteiger partial charge >= 0.3 is 0 Å². The molecule has 0 fully saturated rings. The van der Waals surface area contributed by atoms with Crippen molar-refractivity contribution < 1.29 is 13.6 Å². The minimum atomic E-state index is -0.302. The largest absolute Gasteiger partial charge is 0.441 e. The molecule has 1 N–H and O–H groups in total. The van der Waals surface area contributed by atoms with Crippen LogP contribution in [0.5, 0.6) is 0 Å². The second kappa shape index (κ2) is 7.50. The van der Waals surface area contributed by atoms with Crippen molar-refractivity contribution in [3.8, 4) is 11.3 Å². The fraction of sp³-hybridized carbons (Fsp3) is 0.167. The molecule has 1 amide bonds. The molecule has 0 aliphatic carbocycles. The highest BCUT2D eigenvalue weighted by Crippen LogP contribution is 2.21. The van der Waals surface area contributed by atoms with Gasteiger partial charge in [0.1, 0.15) is 5.82 Å². The first-order valence-electron chi connectivity index (χ1n) is 7.57. The third-order valence-electron chi connectivity index (χ3n) is 3.49. The van der Waals surface area contributed by atoms with Crippen LogP contribution in [0.3, 0.4) is 0 Å². The molecule has 24 heavy (non-hydrogen) atoms. The number of hydrogen-bond donors (Lipinski definition) is 1. The minimum absolute atomic E-state index is 0.0756. The minimum Gasteiger partial charge on any atom is -0.441 e. The molecule has 1 aromatic carbocycles. The van der Waals surface area contributed by atoms with Crippen LogP contribution in [0.2, 0.25) is 0 Å². The fourth-order valence-electron chi connectivity index (χ4n) is 2.18. The van der Waals surface area contributed by atoms with E-state index in [0.717, 1.165) is 11.1 Å². The summed E-state index contributed by atoms with van der Waals surface area (Å²) in [7, 11) is 0. The molecule has 0 unspecified atom stereocenters. The van der Waals surface area contributed by atoms with Crippen LogP contribution in [0.25, 0.3) is 11.3 Å². The van der Waals surface area contributed by atoms with E-state index in [9.17, 15) is 9.18 Å². The number of carbonyl (C=O) groups excluding carboxylic acids is 1. The van der Waals surface area contributed by atoms with E-state index in [1.54, 1.807) is 30.7 Å². The van der Waals surface area contributed by atoms with Gasteiger partial charge in [-0.05, 0) is 42.0 Å². The zero-order chi connectivity index (χ0) is 16.8. The van der Waals surface area contributed by atoms with Crippen molar-refractivity contribution in [1.82, 2.24) is 15.3 Å². The highest BCUT2D eigenvalue weighted by atomic mass is 19.1. The number of hydrogen-bond acceptors (Lipinski definition) is 4. The highest BCUT2D eigenvalue weighted by molar-refractivity contribution is 5.76. The zero-order valence-electron chi connectivity index (χ0n) is 12.9. The molecule has 5 nitrogen and oxygen atoms in total. The molecule has 0 aliphatic rings. The molecule has 0 spiro atoms. The molecule has 0 saturated carbocycles. The Morgan fingerprint density at radius 1 is 1.12 bits per heavy atom. The second-order valence-electron chi connectivity index (χ2n) is 5.26. The zero-order valence-corrected chi connectivity index (χ0v) is 12.9. The average molecular weight is 325 g/mol. The molecule has 0 atom stereocenters. The topological polar surface area (TPSA) is 68.0 Å². The van der Waals surface area contributed by atoms with E-state index in [4.69, 9.17) is 4.42 Å². The van der Waals surface area contributed by atoms with Gasteiger partial charge in [0.15, 0.2) is 11.7 Å². The first kappa shape index (κ1) is 15.9. The van der Waals surface area contributed by atoms with E-state index in [2.05, 4.69) is 15.3 Å². The molecule has 2 aromatic heterocycles. The third-order valence-corrected chi connectivity index (χ3v) is 3.49. The Hall–Kier alpha value is -3.02. The van der Waals surface area contributed by atoms with Crippen molar-refractivity contribution in [2.24, 2.45) is 0 Å². The van der Waals surface area contributed by atoms with Gasteiger partial charge in [0.2, 0.25) is 5.91 Å². The summed E-state index contributed by atoms with van der Waals surface area (Å²) in [6.07, 6.45) is 5.64. The van der Waals surface area contributed by atoms with Crippen LogP contribution >= 0.6 is 0 Å². The number of amides is 1. The Morgan fingerprint density at radius 2 is 1.88 bits per heavy atom. The summed E-state index contributed by atoms with van der Waals surface area (Å²) < 4.78 is 18.5. The summed E-state index contributed by atoms with van der Waals surface area (Å²) >= 11 is 0. The predicted molar refractivity (Wildman–Crippen MR) is 86.3 cm³/mol. The molecule has 0 radical (unpaired) electrons. The van der Waals surface area contributed by atoms with Crippen LogP contribution in [-0.4, -0.2) is 15.9 Å². The first-order valence-corrected chi connectivity index (χ1v) is 7.57. The van der Waals surface area contributed by atoms with Gasteiger partial charge in [-0.2, -0.15) is 0 Å². The van der Waals surface area contributed by atoms with Crippen molar-refractivity contribution in [2.45, 2.75) is 19.4 Å². The molecular formula is C18H16FN3O2. The van der Waals surface area contributed by atoms with Crippen molar-refractivity contribution in [2.75, 3.05) is 0 Å². The summed E-state index contributed by atoms with van der Waals surface area (Å²) in [5.74, 6) is 0.660. The number of aryl methyl sites for hydroxylation is 1. The van der Waals surface area contributed by atoms with Crippen LogP contribution < -0.4 is 5.32 Å². The Morgan fingerprint density at radius 3 is 2.62 bits per heavy atom. The second-order valence-corrected chi connectivity index (χ2v) is 5.26. The van der Waals surface area contributed by atoms with Crippen molar-refractivity contribution in [3.05, 3.63) is 72.3 Å². The van der Waals surface area contributed by atoms with E-state index < -0.39 is 0 Å². The number of aromatic nitrogens is 2. The molecule has 122 valence electrons. The van der Waals surface area contributed by atoms with Gasteiger partial charge in [0, 0.05) is 37.3 Å². The maximum Gasteiger partial charge on any atom is 0.220 e. The number of pyridine rings is 1. The van der Waals surface area contributed by atoms with E-state index >= 15 is 0 Å². The lowest BCUT2D eigenvalue weighted by molar-refractivity contribution is -0.121. The van der Waals surface area contributed by atoms with Gasteiger partial charge < -0.3 is 9.73 Å². The van der Waals surface area contributed by atoms with Gasteiger partial charge in [-0.1, -0.05) is 0 Å². The van der Waals surface area contributed by atoms with Gasteiger partial charge in [0.05, 0.1) is 6.20 Å². The van der Waals surface area contributed by atoms with Gasteiger partial charge in [-0.3, -0.25) is 9.78 Å². The van der Waals surface area contributed by atoms with Crippen LogP contribution in [0.1, 0.15) is 17.9 Å². The monoisotopic (exact) mass is 325 g/mol. The quantitative estimate of drug-likeness (QED) is 0.756. The lowest BCUT2D eigenvalue weighted by atomic mass is 10.2. The number of carbonyl (C=O) groups is 1. The van der Waals surface area contributed by atoms with E-state index in [0.29, 0.717) is 24.6 Å². The van der Waals surface area contributed by atoms with Crippen molar-refractivity contribution in [1.29, 1.82) is 0 Å². The number of oxazole rings is 1. The smallest absolute Gasteiger partial charge is 0.220 e. The van der Waals surface area contributed by atoms with Crippen LogP contribution in [0.15, 0.2) is 59.4 Å². The molecule has 0 bridgehead atoms. The molecule has 3 aromatic rings. The Labute approximate surface area is 138 Å². The normalized spacial score (nSPS) is 10.5. The van der Waals surface area contributed by atoms with Crippen molar-refractivity contribution >= 4 is 5.91 Å². The number of halogens is 1.